The predicted molar refractivity (Wildman–Crippen MR) is 62.2 cm³/mol. The molecule has 5 heteroatoms. The highest BCUT2D eigenvalue weighted by atomic mass is 16.2. The maximum Gasteiger partial charge on any atom is 0.230 e. The summed E-state index contributed by atoms with van der Waals surface area (Å²) in [5.74, 6) is 1.16. The molecule has 3 N–H and O–H groups in total. The fourth-order valence-electron chi connectivity index (χ4n) is 1.98. The molecule has 1 aromatic heterocycles. The lowest BCUT2D eigenvalue weighted by Gasteiger charge is -2.13. The second-order valence-electron chi connectivity index (χ2n) is 4.55. The molecule has 1 aromatic rings. The van der Waals surface area contributed by atoms with Gasteiger partial charge in [-0.1, -0.05) is 6.92 Å². The number of aryl methyl sites for hydroxylation is 1. The van der Waals surface area contributed by atoms with Crippen LogP contribution >= 0.6 is 0 Å². The predicted octanol–water partition coefficient (Wildman–Crippen LogP) is 0.821. The van der Waals surface area contributed by atoms with Gasteiger partial charge in [0.1, 0.15) is 0 Å². The van der Waals surface area contributed by atoms with Crippen LogP contribution in [-0.2, 0) is 4.79 Å². The van der Waals surface area contributed by atoms with Gasteiger partial charge < -0.3 is 10.6 Å². The Morgan fingerprint density at radius 1 is 1.44 bits per heavy atom. The minimum Gasteiger partial charge on any atom is -0.316 e. The van der Waals surface area contributed by atoms with Crippen molar-refractivity contribution in [3.8, 4) is 0 Å². The van der Waals surface area contributed by atoms with E-state index in [1.165, 1.54) is 0 Å². The normalized spacial score (nSPS) is 24.7. The van der Waals surface area contributed by atoms with Crippen molar-refractivity contribution in [2.24, 2.45) is 11.8 Å². The number of aromatic nitrogens is 2. The lowest BCUT2D eigenvalue weighted by atomic mass is 9.97. The van der Waals surface area contributed by atoms with Crippen molar-refractivity contribution in [3.05, 3.63) is 11.3 Å². The highest BCUT2D eigenvalue weighted by molar-refractivity contribution is 5.92. The zero-order chi connectivity index (χ0) is 11.7. The molecule has 0 radical (unpaired) electrons. The average molecular weight is 222 g/mol. The summed E-state index contributed by atoms with van der Waals surface area (Å²) in [5, 5.41) is 13.0. The minimum absolute atomic E-state index is 0.0522. The molecule has 0 aliphatic carbocycles. The summed E-state index contributed by atoms with van der Waals surface area (Å²) >= 11 is 0. The van der Waals surface area contributed by atoms with Gasteiger partial charge >= 0.3 is 0 Å². The Morgan fingerprint density at radius 3 is 2.69 bits per heavy atom. The van der Waals surface area contributed by atoms with Gasteiger partial charge in [0.15, 0.2) is 5.82 Å². The third-order valence-electron chi connectivity index (χ3n) is 3.35. The molecule has 0 spiro atoms. The standard InChI is InChI=1S/C11H18N4O/c1-6-4-12-5-9(6)11(16)13-10-7(2)8(3)14-15-10/h6,9,12H,4-5H2,1-3H3,(H2,13,14,15,16)/t6-,9-/m1/s1. The van der Waals surface area contributed by atoms with Gasteiger partial charge in [-0.25, -0.2) is 0 Å². The summed E-state index contributed by atoms with van der Waals surface area (Å²) < 4.78 is 0. The molecule has 2 heterocycles. The van der Waals surface area contributed by atoms with Crippen LogP contribution < -0.4 is 10.6 Å². The number of anilines is 1. The first-order valence-corrected chi connectivity index (χ1v) is 5.62. The number of carbonyl (C=O) groups excluding carboxylic acids is 1. The number of hydrogen-bond acceptors (Lipinski definition) is 3. The van der Waals surface area contributed by atoms with E-state index >= 15 is 0 Å². The monoisotopic (exact) mass is 222 g/mol. The second kappa shape index (κ2) is 4.25. The van der Waals surface area contributed by atoms with Gasteiger partial charge in [0.05, 0.1) is 5.92 Å². The third kappa shape index (κ3) is 1.95. The van der Waals surface area contributed by atoms with Gasteiger partial charge in [-0.3, -0.25) is 9.89 Å². The van der Waals surface area contributed by atoms with Gasteiger partial charge in [-0.2, -0.15) is 5.10 Å². The number of nitrogens with one attached hydrogen (secondary N) is 3. The second-order valence-corrected chi connectivity index (χ2v) is 4.55. The minimum atomic E-state index is 0.0522. The van der Waals surface area contributed by atoms with Crippen molar-refractivity contribution in [1.29, 1.82) is 0 Å². The molecule has 0 saturated carbocycles. The summed E-state index contributed by atoms with van der Waals surface area (Å²) in [6.45, 7) is 7.65. The van der Waals surface area contributed by atoms with Crippen molar-refractivity contribution in [2.75, 3.05) is 18.4 Å². The Balaban J connectivity index is 2.05. The van der Waals surface area contributed by atoms with E-state index in [2.05, 4.69) is 27.8 Å². The molecule has 2 rings (SSSR count). The average Bonchev–Trinajstić information content (AvgIpc) is 2.79. The molecule has 1 amide bonds. The highest BCUT2D eigenvalue weighted by Crippen LogP contribution is 2.20. The van der Waals surface area contributed by atoms with Crippen molar-refractivity contribution in [2.45, 2.75) is 20.8 Å². The van der Waals surface area contributed by atoms with Crippen LogP contribution in [0.3, 0.4) is 0 Å². The van der Waals surface area contributed by atoms with Gasteiger partial charge in [0, 0.05) is 17.8 Å². The largest absolute Gasteiger partial charge is 0.316 e. The van der Waals surface area contributed by atoms with E-state index in [9.17, 15) is 4.79 Å². The van der Waals surface area contributed by atoms with Crippen LogP contribution in [0.2, 0.25) is 0 Å². The molecule has 0 bridgehead atoms. The molecule has 16 heavy (non-hydrogen) atoms. The molecule has 0 unspecified atom stereocenters. The van der Waals surface area contributed by atoms with E-state index in [0.717, 1.165) is 24.3 Å². The van der Waals surface area contributed by atoms with Crippen molar-refractivity contribution in [1.82, 2.24) is 15.5 Å². The van der Waals surface area contributed by atoms with Crippen LogP contribution in [0, 0.1) is 25.7 Å². The Bertz CT molecular complexity index is 399. The molecule has 1 fully saturated rings. The molecule has 1 saturated heterocycles. The number of aromatic amines is 1. The smallest absolute Gasteiger partial charge is 0.230 e. The molecular weight excluding hydrogens is 204 g/mol. The summed E-state index contributed by atoms with van der Waals surface area (Å²) in [6, 6.07) is 0. The Morgan fingerprint density at radius 2 is 2.19 bits per heavy atom. The van der Waals surface area contributed by atoms with Crippen LogP contribution in [0.5, 0.6) is 0 Å². The first-order chi connectivity index (χ1) is 7.59. The van der Waals surface area contributed by atoms with E-state index < -0.39 is 0 Å². The molecule has 0 aromatic carbocycles. The van der Waals surface area contributed by atoms with E-state index in [4.69, 9.17) is 0 Å². The Hall–Kier alpha value is -1.36. The zero-order valence-corrected chi connectivity index (χ0v) is 9.92. The first-order valence-electron chi connectivity index (χ1n) is 5.62. The molecule has 1 aliphatic rings. The topological polar surface area (TPSA) is 69.8 Å². The lowest BCUT2D eigenvalue weighted by Crippen LogP contribution is -2.28. The highest BCUT2D eigenvalue weighted by Gasteiger charge is 2.30. The quantitative estimate of drug-likeness (QED) is 0.694. The van der Waals surface area contributed by atoms with Crippen LogP contribution in [0.25, 0.3) is 0 Å². The molecule has 5 nitrogen and oxygen atoms in total. The van der Waals surface area contributed by atoms with Crippen LogP contribution in [-0.4, -0.2) is 29.2 Å². The van der Waals surface area contributed by atoms with Crippen molar-refractivity contribution < 1.29 is 4.79 Å². The first kappa shape index (κ1) is 11.1. The molecule has 2 atom stereocenters. The summed E-state index contributed by atoms with van der Waals surface area (Å²) in [6.07, 6.45) is 0. The van der Waals surface area contributed by atoms with Gasteiger partial charge in [0.2, 0.25) is 5.91 Å². The van der Waals surface area contributed by atoms with Gasteiger partial charge in [-0.15, -0.1) is 0 Å². The van der Waals surface area contributed by atoms with Crippen molar-refractivity contribution in [3.63, 3.8) is 0 Å². The SMILES string of the molecule is Cc1[nH]nc(NC(=O)[C@@H]2CNC[C@H]2C)c1C. The van der Waals surface area contributed by atoms with Crippen molar-refractivity contribution >= 4 is 11.7 Å². The van der Waals surface area contributed by atoms with Crippen LogP contribution in [0.1, 0.15) is 18.2 Å². The Kier molecular flexibility index (Phi) is 2.96. The zero-order valence-electron chi connectivity index (χ0n) is 9.92. The van der Waals surface area contributed by atoms with E-state index in [0.29, 0.717) is 11.7 Å². The maximum absolute atomic E-state index is 12.0. The number of nitrogens with zero attached hydrogens (tertiary/aromatic N) is 1. The number of amides is 1. The van der Waals surface area contributed by atoms with Crippen LogP contribution in [0.4, 0.5) is 5.82 Å². The molecular formula is C11H18N4O. The molecule has 88 valence electrons. The maximum atomic E-state index is 12.0. The van der Waals surface area contributed by atoms with Crippen LogP contribution in [0.15, 0.2) is 0 Å². The van der Waals surface area contributed by atoms with E-state index in [-0.39, 0.29) is 11.8 Å². The van der Waals surface area contributed by atoms with Gasteiger partial charge in [-0.05, 0) is 26.3 Å². The number of carbonyl (C=O) groups is 1. The van der Waals surface area contributed by atoms with E-state index in [1.54, 1.807) is 0 Å². The fraction of sp³-hybridized carbons (Fsp3) is 0.636. The Labute approximate surface area is 95.0 Å². The summed E-state index contributed by atoms with van der Waals surface area (Å²) in [7, 11) is 0. The summed E-state index contributed by atoms with van der Waals surface area (Å²) in [4.78, 5) is 12.0. The van der Waals surface area contributed by atoms with Gasteiger partial charge in [0.25, 0.3) is 0 Å². The van der Waals surface area contributed by atoms with E-state index in [1.807, 2.05) is 13.8 Å². The lowest BCUT2D eigenvalue weighted by molar-refractivity contribution is -0.120. The summed E-state index contributed by atoms with van der Waals surface area (Å²) in [5.41, 5.74) is 2.00. The third-order valence-corrected chi connectivity index (χ3v) is 3.35. The fourth-order valence-corrected chi connectivity index (χ4v) is 1.98. The molecule has 1 aliphatic heterocycles. The number of hydrogen-bond donors (Lipinski definition) is 3. The number of H-pyrrole nitrogens is 1. The number of rotatable bonds is 2.